The van der Waals surface area contributed by atoms with Gasteiger partial charge >= 0.3 is 6.61 Å². The molecular weight excluding hydrogens is 342 g/mol. The molecule has 1 saturated heterocycles. The topological polar surface area (TPSA) is 15.7 Å². The van der Waals surface area contributed by atoms with Gasteiger partial charge in [0.2, 0.25) is 0 Å². The first-order chi connectivity index (χ1) is 9.77. The quantitative estimate of drug-likeness (QED) is 0.808. The minimum absolute atomic E-state index is 0.133. The lowest BCUT2D eigenvalue weighted by molar-refractivity contribution is -0.0496. The molecule has 1 aromatic carbocycles. The van der Waals surface area contributed by atoms with Gasteiger partial charge in [-0.25, -0.2) is 0 Å². The third kappa shape index (κ3) is 4.30. The lowest BCUT2D eigenvalue weighted by Gasteiger charge is -2.43. The Labute approximate surface area is 133 Å². The van der Waals surface area contributed by atoms with Crippen LogP contribution in [0, 0.1) is 0 Å². The third-order valence-electron chi connectivity index (χ3n) is 3.71. The highest BCUT2D eigenvalue weighted by molar-refractivity contribution is 9.10. The monoisotopic (exact) mass is 362 g/mol. The van der Waals surface area contributed by atoms with Crippen LogP contribution in [0.15, 0.2) is 22.7 Å². The molecule has 1 fully saturated rings. The number of piperazine rings is 1. The van der Waals surface area contributed by atoms with E-state index in [0.717, 1.165) is 36.3 Å². The van der Waals surface area contributed by atoms with E-state index in [1.54, 1.807) is 6.07 Å². The maximum atomic E-state index is 12.6. The van der Waals surface area contributed by atoms with Gasteiger partial charge in [-0.05, 0) is 39.0 Å². The van der Waals surface area contributed by atoms with Gasteiger partial charge < -0.3 is 9.64 Å². The number of hydrogen-bond donors (Lipinski definition) is 0. The van der Waals surface area contributed by atoms with Crippen LogP contribution in [0.2, 0.25) is 0 Å². The lowest BCUT2D eigenvalue weighted by atomic mass is 10.0. The molecule has 0 bridgehead atoms. The van der Waals surface area contributed by atoms with E-state index in [9.17, 15) is 8.78 Å². The van der Waals surface area contributed by atoms with Crippen LogP contribution < -0.4 is 9.64 Å². The SMILES string of the molecule is CC(C)(C)N1CCN(c2ccc(Br)cc2OC(F)F)CC1. The Balaban J connectivity index is 2.13. The minimum Gasteiger partial charge on any atom is -0.433 e. The molecule has 2 rings (SSSR count). The van der Waals surface area contributed by atoms with E-state index < -0.39 is 6.61 Å². The predicted molar refractivity (Wildman–Crippen MR) is 84.3 cm³/mol. The van der Waals surface area contributed by atoms with Crippen molar-refractivity contribution in [2.45, 2.75) is 32.9 Å². The van der Waals surface area contributed by atoms with Crippen LogP contribution in [0.25, 0.3) is 0 Å². The molecule has 0 N–H and O–H groups in total. The largest absolute Gasteiger partial charge is 0.433 e. The minimum atomic E-state index is -2.81. The van der Waals surface area contributed by atoms with Crippen molar-refractivity contribution in [1.82, 2.24) is 4.90 Å². The number of anilines is 1. The van der Waals surface area contributed by atoms with Crippen molar-refractivity contribution in [3.63, 3.8) is 0 Å². The molecular formula is C15H21BrF2N2O. The first-order valence-corrected chi connectivity index (χ1v) is 7.81. The normalized spacial score (nSPS) is 17.4. The summed E-state index contributed by atoms with van der Waals surface area (Å²) >= 11 is 3.29. The van der Waals surface area contributed by atoms with Gasteiger partial charge in [0, 0.05) is 36.2 Å². The van der Waals surface area contributed by atoms with Crippen molar-refractivity contribution in [2.75, 3.05) is 31.1 Å². The van der Waals surface area contributed by atoms with Crippen LogP contribution >= 0.6 is 15.9 Å². The Bertz CT molecular complexity index is 483. The number of hydrogen-bond acceptors (Lipinski definition) is 3. The fraction of sp³-hybridized carbons (Fsp3) is 0.600. The zero-order valence-corrected chi connectivity index (χ0v) is 14.2. The molecule has 0 amide bonds. The first-order valence-electron chi connectivity index (χ1n) is 7.02. The summed E-state index contributed by atoms with van der Waals surface area (Å²) < 4.78 is 30.5. The summed E-state index contributed by atoms with van der Waals surface area (Å²) in [6, 6.07) is 5.27. The summed E-state index contributed by atoms with van der Waals surface area (Å²) in [5.41, 5.74) is 0.862. The Hall–Kier alpha value is -0.880. The average Bonchev–Trinajstić information content (AvgIpc) is 2.37. The van der Waals surface area contributed by atoms with Gasteiger partial charge in [0.1, 0.15) is 0 Å². The van der Waals surface area contributed by atoms with E-state index in [2.05, 4.69) is 51.2 Å². The number of rotatable bonds is 3. The zero-order chi connectivity index (χ0) is 15.6. The standard InChI is InChI=1S/C15H21BrF2N2O/c1-15(2,3)20-8-6-19(7-9-20)12-5-4-11(16)10-13(12)21-14(17)18/h4-5,10,14H,6-9H2,1-3H3. The van der Waals surface area contributed by atoms with Gasteiger partial charge in [-0.3, -0.25) is 4.90 Å². The van der Waals surface area contributed by atoms with Crippen LogP contribution in [0.4, 0.5) is 14.5 Å². The van der Waals surface area contributed by atoms with Gasteiger partial charge in [-0.15, -0.1) is 0 Å². The number of ether oxygens (including phenoxy) is 1. The van der Waals surface area contributed by atoms with Crippen LogP contribution in [0.5, 0.6) is 5.75 Å². The van der Waals surface area contributed by atoms with E-state index in [4.69, 9.17) is 0 Å². The van der Waals surface area contributed by atoms with Crippen molar-refractivity contribution in [3.05, 3.63) is 22.7 Å². The van der Waals surface area contributed by atoms with Crippen LogP contribution in [0.1, 0.15) is 20.8 Å². The molecule has 1 heterocycles. The first kappa shape index (κ1) is 16.5. The van der Waals surface area contributed by atoms with Gasteiger partial charge in [-0.2, -0.15) is 8.78 Å². The Kier molecular flexibility index (Phi) is 5.09. The molecule has 6 heteroatoms. The second-order valence-corrected chi connectivity index (χ2v) is 7.05. The van der Waals surface area contributed by atoms with E-state index in [0.29, 0.717) is 0 Å². The van der Waals surface area contributed by atoms with E-state index in [1.807, 2.05) is 12.1 Å². The molecule has 1 aliphatic rings. The molecule has 0 saturated carbocycles. The second kappa shape index (κ2) is 6.48. The smallest absolute Gasteiger partial charge is 0.387 e. The highest BCUT2D eigenvalue weighted by Gasteiger charge is 2.27. The fourth-order valence-electron chi connectivity index (χ4n) is 2.56. The lowest BCUT2D eigenvalue weighted by Crippen LogP contribution is -2.53. The summed E-state index contributed by atoms with van der Waals surface area (Å²) in [6.07, 6.45) is 0. The van der Waals surface area contributed by atoms with Crippen LogP contribution in [-0.2, 0) is 0 Å². The highest BCUT2D eigenvalue weighted by atomic mass is 79.9. The molecule has 1 aromatic rings. The van der Waals surface area contributed by atoms with E-state index in [1.165, 1.54) is 0 Å². The summed E-state index contributed by atoms with van der Waals surface area (Å²) in [6.45, 7) is 7.18. The maximum absolute atomic E-state index is 12.6. The summed E-state index contributed by atoms with van der Waals surface area (Å²) in [4.78, 5) is 4.50. The summed E-state index contributed by atoms with van der Waals surface area (Å²) in [5.74, 6) is 0.226. The number of alkyl halides is 2. The highest BCUT2D eigenvalue weighted by Crippen LogP contribution is 2.33. The molecule has 0 radical (unpaired) electrons. The Morgan fingerprint density at radius 1 is 1.14 bits per heavy atom. The molecule has 21 heavy (non-hydrogen) atoms. The van der Waals surface area contributed by atoms with Gasteiger partial charge in [0.15, 0.2) is 5.75 Å². The molecule has 0 aromatic heterocycles. The summed E-state index contributed by atoms with van der Waals surface area (Å²) in [5, 5.41) is 0. The van der Waals surface area contributed by atoms with Crippen molar-refractivity contribution in [1.29, 1.82) is 0 Å². The van der Waals surface area contributed by atoms with Crippen molar-refractivity contribution in [3.8, 4) is 5.75 Å². The zero-order valence-electron chi connectivity index (χ0n) is 12.6. The fourth-order valence-corrected chi connectivity index (χ4v) is 2.90. The Morgan fingerprint density at radius 3 is 2.29 bits per heavy atom. The Morgan fingerprint density at radius 2 is 1.76 bits per heavy atom. The van der Waals surface area contributed by atoms with E-state index in [-0.39, 0.29) is 11.3 Å². The molecule has 0 aliphatic carbocycles. The molecule has 1 aliphatic heterocycles. The van der Waals surface area contributed by atoms with Crippen molar-refractivity contribution >= 4 is 21.6 Å². The average molecular weight is 363 g/mol. The van der Waals surface area contributed by atoms with Crippen molar-refractivity contribution < 1.29 is 13.5 Å². The van der Waals surface area contributed by atoms with Gasteiger partial charge in [0.05, 0.1) is 5.69 Å². The molecule has 0 atom stereocenters. The van der Waals surface area contributed by atoms with Gasteiger partial charge in [-0.1, -0.05) is 15.9 Å². The number of benzene rings is 1. The maximum Gasteiger partial charge on any atom is 0.387 e. The van der Waals surface area contributed by atoms with E-state index >= 15 is 0 Å². The number of halogens is 3. The van der Waals surface area contributed by atoms with Gasteiger partial charge in [0.25, 0.3) is 0 Å². The number of nitrogens with zero attached hydrogens (tertiary/aromatic N) is 2. The molecule has 3 nitrogen and oxygen atoms in total. The molecule has 118 valence electrons. The molecule has 0 unspecified atom stereocenters. The van der Waals surface area contributed by atoms with Crippen LogP contribution in [-0.4, -0.2) is 43.2 Å². The van der Waals surface area contributed by atoms with Crippen molar-refractivity contribution in [2.24, 2.45) is 0 Å². The summed E-state index contributed by atoms with van der Waals surface area (Å²) in [7, 11) is 0. The molecule has 0 spiro atoms. The van der Waals surface area contributed by atoms with Crippen LogP contribution in [0.3, 0.4) is 0 Å². The second-order valence-electron chi connectivity index (χ2n) is 6.14. The predicted octanol–water partition coefficient (Wildman–Crippen LogP) is 3.97. The third-order valence-corrected chi connectivity index (χ3v) is 4.20.